The topological polar surface area (TPSA) is 79.4 Å². The fourth-order valence-corrected chi connectivity index (χ4v) is 6.15. The zero-order valence-corrected chi connectivity index (χ0v) is 18.8. The molecule has 1 amide bonds. The van der Waals surface area contributed by atoms with Crippen LogP contribution < -0.4 is 4.72 Å². The number of hydrogen-bond donors (Lipinski definition) is 1. The molecule has 5 rings (SSSR count). The maximum absolute atomic E-state index is 13.2. The molecule has 1 saturated heterocycles. The van der Waals surface area contributed by atoms with E-state index in [9.17, 15) is 13.2 Å². The fraction of sp³-hybridized carbons (Fsp3) is 0.167. The summed E-state index contributed by atoms with van der Waals surface area (Å²) >= 11 is 1.64. The lowest BCUT2D eigenvalue weighted by Crippen LogP contribution is -2.30. The van der Waals surface area contributed by atoms with Gasteiger partial charge in [-0.25, -0.2) is 13.4 Å². The van der Waals surface area contributed by atoms with Crippen molar-refractivity contribution in [3.05, 3.63) is 89.4 Å². The monoisotopic (exact) mass is 463 g/mol. The first-order valence-electron chi connectivity index (χ1n) is 10.4. The van der Waals surface area contributed by atoms with Gasteiger partial charge >= 0.3 is 0 Å². The smallest absolute Gasteiger partial charge is 0.261 e. The van der Waals surface area contributed by atoms with Gasteiger partial charge in [0.15, 0.2) is 0 Å². The minimum absolute atomic E-state index is 0.0313. The molecule has 4 aromatic rings. The second kappa shape index (κ2) is 8.37. The van der Waals surface area contributed by atoms with E-state index in [1.54, 1.807) is 53.8 Å². The second-order valence-corrected chi connectivity index (χ2v) is 10.4. The van der Waals surface area contributed by atoms with Crippen LogP contribution in [0.4, 0.5) is 5.69 Å². The maximum Gasteiger partial charge on any atom is 0.261 e. The number of fused-ring (bicyclic) bond motifs is 1. The number of rotatable bonds is 5. The number of nitrogens with one attached hydrogen (secondary N) is 1. The number of hydrogen-bond acceptors (Lipinski definition) is 5. The number of aromatic nitrogens is 1. The van der Waals surface area contributed by atoms with Crippen LogP contribution in [0.5, 0.6) is 0 Å². The van der Waals surface area contributed by atoms with Gasteiger partial charge in [0.25, 0.3) is 15.9 Å². The molecular formula is C24H21N3O3S2. The van der Waals surface area contributed by atoms with Crippen molar-refractivity contribution < 1.29 is 13.2 Å². The highest BCUT2D eigenvalue weighted by molar-refractivity contribution is 7.92. The van der Waals surface area contributed by atoms with Crippen LogP contribution in [0, 0.1) is 0 Å². The third-order valence-electron chi connectivity index (χ3n) is 5.55. The van der Waals surface area contributed by atoms with Gasteiger partial charge < -0.3 is 4.90 Å². The number of nitrogens with zero attached hydrogens (tertiary/aromatic N) is 2. The molecule has 1 aromatic heterocycles. The first-order chi connectivity index (χ1) is 15.5. The Hall–Kier alpha value is -3.23. The van der Waals surface area contributed by atoms with E-state index in [2.05, 4.69) is 4.72 Å². The summed E-state index contributed by atoms with van der Waals surface area (Å²) in [4.78, 5) is 20.0. The Kier molecular flexibility index (Phi) is 5.40. The fourth-order valence-electron chi connectivity index (χ4n) is 3.96. The number of sulfonamides is 1. The third kappa shape index (κ3) is 3.99. The molecule has 162 valence electrons. The molecule has 0 aliphatic carbocycles. The molecule has 2 heterocycles. The van der Waals surface area contributed by atoms with Crippen molar-refractivity contribution >= 4 is 43.2 Å². The lowest BCUT2D eigenvalue weighted by Gasteiger charge is -2.23. The molecule has 6 nitrogen and oxygen atoms in total. The van der Waals surface area contributed by atoms with Crippen molar-refractivity contribution in [2.75, 3.05) is 11.3 Å². The lowest BCUT2D eigenvalue weighted by atomic mass is 10.1. The van der Waals surface area contributed by atoms with Crippen molar-refractivity contribution in [1.82, 2.24) is 9.88 Å². The SMILES string of the molecule is O=C(c1ccc(NS(=O)(=O)c2ccccc2)cc1)N1CCC[C@@H]1c1nc2ccccc2s1. The minimum Gasteiger partial charge on any atom is -0.329 e. The van der Waals surface area contributed by atoms with Crippen molar-refractivity contribution in [3.8, 4) is 0 Å². The van der Waals surface area contributed by atoms with E-state index in [4.69, 9.17) is 4.98 Å². The van der Waals surface area contributed by atoms with Crippen molar-refractivity contribution in [1.29, 1.82) is 0 Å². The molecule has 1 fully saturated rings. The van der Waals surface area contributed by atoms with E-state index in [-0.39, 0.29) is 16.8 Å². The largest absolute Gasteiger partial charge is 0.329 e. The zero-order chi connectivity index (χ0) is 22.1. The molecule has 8 heteroatoms. The summed E-state index contributed by atoms with van der Waals surface area (Å²) in [6.07, 6.45) is 1.82. The van der Waals surface area contributed by atoms with Crippen LogP contribution in [0.2, 0.25) is 0 Å². The predicted octanol–water partition coefficient (Wildman–Crippen LogP) is 5.07. The number of thiazole rings is 1. The summed E-state index contributed by atoms with van der Waals surface area (Å²) in [6.45, 7) is 0.682. The summed E-state index contributed by atoms with van der Waals surface area (Å²) in [5.41, 5.74) is 1.90. The quantitative estimate of drug-likeness (QED) is 0.448. The molecule has 1 aliphatic heterocycles. The summed E-state index contributed by atoms with van der Waals surface area (Å²) in [7, 11) is -3.67. The number of benzene rings is 3. The van der Waals surface area contributed by atoms with E-state index >= 15 is 0 Å². The highest BCUT2D eigenvalue weighted by atomic mass is 32.2. The number of carbonyl (C=O) groups is 1. The van der Waals surface area contributed by atoms with E-state index in [0.29, 0.717) is 17.8 Å². The zero-order valence-electron chi connectivity index (χ0n) is 17.1. The number of carbonyl (C=O) groups excluding carboxylic acids is 1. The number of amides is 1. The summed E-state index contributed by atoms with van der Waals surface area (Å²) < 4.78 is 28.7. The van der Waals surface area contributed by atoms with Crippen LogP contribution in [-0.4, -0.2) is 30.8 Å². The van der Waals surface area contributed by atoms with Crippen LogP contribution in [0.15, 0.2) is 83.8 Å². The molecule has 1 N–H and O–H groups in total. The Morgan fingerprint density at radius 3 is 2.44 bits per heavy atom. The Labute approximate surface area is 190 Å². The van der Waals surface area contributed by atoms with E-state index in [1.165, 1.54) is 12.1 Å². The van der Waals surface area contributed by atoms with Gasteiger partial charge in [0.1, 0.15) is 5.01 Å². The van der Waals surface area contributed by atoms with Gasteiger partial charge in [0.2, 0.25) is 0 Å². The first kappa shape index (κ1) is 20.7. The van der Waals surface area contributed by atoms with Gasteiger partial charge in [-0.05, 0) is 61.4 Å². The van der Waals surface area contributed by atoms with Crippen LogP contribution >= 0.6 is 11.3 Å². The Bertz CT molecular complexity index is 1330. The van der Waals surface area contributed by atoms with Gasteiger partial charge in [-0.2, -0.15) is 0 Å². The molecule has 0 unspecified atom stereocenters. The van der Waals surface area contributed by atoms with Crippen molar-refractivity contribution in [3.63, 3.8) is 0 Å². The second-order valence-electron chi connectivity index (χ2n) is 7.67. The molecule has 0 spiro atoms. The summed E-state index contributed by atoms with van der Waals surface area (Å²) in [5.74, 6) is -0.0655. The van der Waals surface area contributed by atoms with Crippen LogP contribution in [0.25, 0.3) is 10.2 Å². The first-order valence-corrected chi connectivity index (χ1v) is 12.7. The van der Waals surface area contributed by atoms with Crippen LogP contribution in [0.1, 0.15) is 34.2 Å². The molecule has 32 heavy (non-hydrogen) atoms. The van der Waals surface area contributed by atoms with Gasteiger partial charge in [-0.3, -0.25) is 9.52 Å². The van der Waals surface area contributed by atoms with Gasteiger partial charge in [-0.1, -0.05) is 30.3 Å². The normalized spacial score (nSPS) is 16.4. The standard InChI is InChI=1S/C24H21N3O3S2/c28-24(27-16-6-10-21(27)23-25-20-9-4-5-11-22(20)31-23)17-12-14-18(15-13-17)26-32(29,30)19-7-2-1-3-8-19/h1-5,7-9,11-15,21,26H,6,10,16H2/t21-/m1/s1. The van der Waals surface area contributed by atoms with E-state index in [0.717, 1.165) is 28.1 Å². The number of likely N-dealkylation sites (tertiary alicyclic amines) is 1. The Morgan fingerprint density at radius 1 is 0.969 bits per heavy atom. The van der Waals surface area contributed by atoms with Gasteiger partial charge in [0, 0.05) is 17.8 Å². The van der Waals surface area contributed by atoms with Crippen LogP contribution in [0.3, 0.4) is 0 Å². The Morgan fingerprint density at radius 2 is 1.69 bits per heavy atom. The van der Waals surface area contributed by atoms with E-state index < -0.39 is 10.0 Å². The van der Waals surface area contributed by atoms with E-state index in [1.807, 2.05) is 29.2 Å². The molecule has 0 bridgehead atoms. The molecule has 1 atom stereocenters. The predicted molar refractivity (Wildman–Crippen MR) is 126 cm³/mol. The average Bonchev–Trinajstić information content (AvgIpc) is 3.46. The average molecular weight is 464 g/mol. The number of anilines is 1. The van der Waals surface area contributed by atoms with Crippen LogP contribution in [-0.2, 0) is 10.0 Å². The maximum atomic E-state index is 13.2. The summed E-state index contributed by atoms with van der Waals surface area (Å²) in [5, 5.41) is 0.962. The highest BCUT2D eigenvalue weighted by Crippen LogP contribution is 2.37. The van der Waals surface area contributed by atoms with Gasteiger partial charge in [-0.15, -0.1) is 11.3 Å². The number of para-hydroxylation sites is 1. The Balaban J connectivity index is 1.34. The molecular weight excluding hydrogens is 442 g/mol. The van der Waals surface area contributed by atoms with Crippen molar-refractivity contribution in [2.24, 2.45) is 0 Å². The van der Waals surface area contributed by atoms with Crippen molar-refractivity contribution in [2.45, 2.75) is 23.8 Å². The lowest BCUT2D eigenvalue weighted by molar-refractivity contribution is 0.0735. The highest BCUT2D eigenvalue weighted by Gasteiger charge is 2.32. The molecule has 0 saturated carbocycles. The molecule has 3 aromatic carbocycles. The minimum atomic E-state index is -3.67. The molecule has 0 radical (unpaired) electrons. The summed E-state index contributed by atoms with van der Waals surface area (Å²) in [6, 6.07) is 22.7. The van der Waals surface area contributed by atoms with Gasteiger partial charge in [0.05, 0.1) is 21.2 Å². The molecule has 1 aliphatic rings. The third-order valence-corrected chi connectivity index (χ3v) is 8.08.